The van der Waals surface area contributed by atoms with Crippen LogP contribution in [-0.4, -0.2) is 30.3 Å². The SMILES string of the molecule is Cc1cccn2c(=O)cc(COC(=O)CCNS(=O)(=O)c3c(Cl)cccc3Cl)nc12. The number of pyridine rings is 1. The largest absolute Gasteiger partial charge is 0.459 e. The number of esters is 1. The van der Waals surface area contributed by atoms with Crippen molar-refractivity contribution in [1.29, 1.82) is 0 Å². The molecule has 0 spiro atoms. The zero-order valence-corrected chi connectivity index (χ0v) is 18.1. The Morgan fingerprint density at radius 1 is 1.20 bits per heavy atom. The lowest BCUT2D eigenvalue weighted by molar-refractivity contribution is -0.144. The fraction of sp³-hybridized carbons (Fsp3) is 0.211. The number of nitrogens with one attached hydrogen (secondary N) is 1. The van der Waals surface area contributed by atoms with Crippen molar-refractivity contribution in [1.82, 2.24) is 14.1 Å². The molecule has 0 atom stereocenters. The molecule has 30 heavy (non-hydrogen) atoms. The summed E-state index contributed by atoms with van der Waals surface area (Å²) in [6, 6.07) is 9.15. The van der Waals surface area contributed by atoms with E-state index in [9.17, 15) is 18.0 Å². The van der Waals surface area contributed by atoms with Crippen LogP contribution in [0.2, 0.25) is 10.0 Å². The topological polar surface area (TPSA) is 107 Å². The molecule has 0 fully saturated rings. The highest BCUT2D eigenvalue weighted by Gasteiger charge is 2.21. The number of aromatic nitrogens is 2. The van der Waals surface area contributed by atoms with Gasteiger partial charge in [-0.05, 0) is 30.7 Å². The number of fused-ring (bicyclic) bond motifs is 1. The van der Waals surface area contributed by atoms with Crippen molar-refractivity contribution in [2.45, 2.75) is 24.8 Å². The normalized spacial score (nSPS) is 11.6. The van der Waals surface area contributed by atoms with Crippen LogP contribution in [0.25, 0.3) is 5.65 Å². The molecular formula is C19H17Cl2N3O5S. The highest BCUT2D eigenvalue weighted by Crippen LogP contribution is 2.28. The molecule has 8 nitrogen and oxygen atoms in total. The Kier molecular flexibility index (Phi) is 6.77. The van der Waals surface area contributed by atoms with Crippen LogP contribution in [0.15, 0.2) is 52.3 Å². The zero-order chi connectivity index (χ0) is 21.9. The van der Waals surface area contributed by atoms with E-state index in [0.29, 0.717) is 11.3 Å². The average molecular weight is 470 g/mol. The van der Waals surface area contributed by atoms with Gasteiger partial charge < -0.3 is 4.74 Å². The molecule has 0 unspecified atom stereocenters. The number of carbonyl (C=O) groups excluding carboxylic acids is 1. The molecule has 1 N–H and O–H groups in total. The van der Waals surface area contributed by atoms with Crippen LogP contribution >= 0.6 is 23.2 Å². The van der Waals surface area contributed by atoms with Crippen LogP contribution in [-0.2, 0) is 26.2 Å². The lowest BCUT2D eigenvalue weighted by Gasteiger charge is -2.10. The summed E-state index contributed by atoms with van der Waals surface area (Å²) in [5, 5.41) is -0.0527. The maximum atomic E-state index is 12.3. The molecule has 0 saturated carbocycles. The van der Waals surface area contributed by atoms with Crippen molar-refractivity contribution >= 4 is 44.8 Å². The zero-order valence-electron chi connectivity index (χ0n) is 15.8. The van der Waals surface area contributed by atoms with Crippen molar-refractivity contribution in [3.8, 4) is 0 Å². The summed E-state index contributed by atoms with van der Waals surface area (Å²) in [5.74, 6) is -0.658. The Morgan fingerprint density at radius 2 is 1.90 bits per heavy atom. The van der Waals surface area contributed by atoms with E-state index in [1.165, 1.54) is 28.7 Å². The van der Waals surface area contributed by atoms with Gasteiger partial charge in [0, 0.05) is 18.8 Å². The number of ether oxygens (including phenoxy) is 1. The molecule has 0 aliphatic carbocycles. The van der Waals surface area contributed by atoms with Crippen LogP contribution in [0.1, 0.15) is 17.7 Å². The van der Waals surface area contributed by atoms with Gasteiger partial charge in [-0.25, -0.2) is 18.1 Å². The molecule has 0 amide bonds. The number of sulfonamides is 1. The van der Waals surface area contributed by atoms with E-state index in [0.717, 1.165) is 5.56 Å². The van der Waals surface area contributed by atoms with E-state index in [2.05, 4.69) is 9.71 Å². The highest BCUT2D eigenvalue weighted by molar-refractivity contribution is 7.89. The predicted octanol–water partition coefficient (Wildman–Crippen LogP) is 2.72. The van der Waals surface area contributed by atoms with Gasteiger partial charge in [-0.3, -0.25) is 14.0 Å². The second-order valence-corrected chi connectivity index (χ2v) is 8.85. The number of nitrogens with zero attached hydrogens (tertiary/aromatic N) is 2. The fourth-order valence-corrected chi connectivity index (χ4v) is 4.88. The predicted molar refractivity (Wildman–Crippen MR) is 112 cm³/mol. The second kappa shape index (κ2) is 9.13. The first-order valence-electron chi connectivity index (χ1n) is 8.76. The maximum absolute atomic E-state index is 12.3. The van der Waals surface area contributed by atoms with E-state index < -0.39 is 16.0 Å². The number of hydrogen-bond acceptors (Lipinski definition) is 6. The standard InChI is InChI=1S/C19H17Cl2N3O5S/c1-12-4-3-9-24-16(25)10-13(23-19(12)24)11-29-17(26)7-8-22-30(27,28)18-14(20)5-2-6-15(18)21/h2-6,9-10,22H,7-8,11H2,1H3. The van der Waals surface area contributed by atoms with Gasteiger partial charge in [-0.2, -0.15) is 0 Å². The van der Waals surface area contributed by atoms with Gasteiger partial charge in [0.05, 0.1) is 22.2 Å². The molecule has 0 aliphatic rings. The first-order chi connectivity index (χ1) is 14.2. The van der Waals surface area contributed by atoms with Gasteiger partial charge in [-0.1, -0.05) is 35.3 Å². The first-order valence-corrected chi connectivity index (χ1v) is 11.0. The maximum Gasteiger partial charge on any atom is 0.307 e. The molecule has 3 rings (SSSR count). The number of hydrogen-bond donors (Lipinski definition) is 1. The van der Waals surface area contributed by atoms with Crippen LogP contribution < -0.4 is 10.3 Å². The molecule has 0 saturated heterocycles. The van der Waals surface area contributed by atoms with Crippen LogP contribution in [0, 0.1) is 6.92 Å². The minimum Gasteiger partial charge on any atom is -0.459 e. The smallest absolute Gasteiger partial charge is 0.307 e. The van der Waals surface area contributed by atoms with Gasteiger partial charge >= 0.3 is 5.97 Å². The van der Waals surface area contributed by atoms with E-state index >= 15 is 0 Å². The second-order valence-electron chi connectivity index (χ2n) is 6.33. The lowest BCUT2D eigenvalue weighted by Crippen LogP contribution is -2.27. The molecule has 2 aromatic heterocycles. The average Bonchev–Trinajstić information content (AvgIpc) is 2.67. The summed E-state index contributed by atoms with van der Waals surface area (Å²) in [7, 11) is -4.00. The molecular weight excluding hydrogens is 453 g/mol. The van der Waals surface area contributed by atoms with Crippen molar-refractivity contribution in [2.75, 3.05) is 6.54 Å². The minimum absolute atomic E-state index is 0.0264. The summed E-state index contributed by atoms with van der Waals surface area (Å²) in [4.78, 5) is 28.2. The number of carbonyl (C=O) groups is 1. The van der Waals surface area contributed by atoms with Gasteiger partial charge in [0.25, 0.3) is 5.56 Å². The Bertz CT molecular complexity index is 1250. The quantitative estimate of drug-likeness (QED) is 0.533. The molecule has 158 valence electrons. The minimum atomic E-state index is -4.00. The van der Waals surface area contributed by atoms with E-state index in [1.807, 2.05) is 13.0 Å². The molecule has 3 aromatic rings. The first kappa shape index (κ1) is 22.2. The Hall–Kier alpha value is -2.46. The fourth-order valence-electron chi connectivity index (χ4n) is 2.71. The lowest BCUT2D eigenvalue weighted by atomic mass is 10.3. The Morgan fingerprint density at radius 3 is 2.60 bits per heavy atom. The van der Waals surface area contributed by atoms with Gasteiger partial charge in [-0.15, -0.1) is 0 Å². The third-order valence-corrected chi connectivity index (χ3v) is 6.54. The van der Waals surface area contributed by atoms with Gasteiger partial charge in [0.15, 0.2) is 0 Å². The molecule has 0 aliphatic heterocycles. The third kappa shape index (κ3) is 4.99. The van der Waals surface area contributed by atoms with Crippen molar-refractivity contribution < 1.29 is 17.9 Å². The molecule has 0 bridgehead atoms. The Balaban J connectivity index is 1.59. The number of benzene rings is 1. The third-order valence-electron chi connectivity index (χ3n) is 4.13. The van der Waals surface area contributed by atoms with E-state index in [1.54, 1.807) is 12.3 Å². The van der Waals surface area contributed by atoms with Gasteiger partial charge in [0.1, 0.15) is 17.1 Å². The van der Waals surface area contributed by atoms with Crippen LogP contribution in [0.5, 0.6) is 0 Å². The van der Waals surface area contributed by atoms with Crippen molar-refractivity contribution in [2.24, 2.45) is 0 Å². The van der Waals surface area contributed by atoms with Crippen LogP contribution in [0.3, 0.4) is 0 Å². The van der Waals surface area contributed by atoms with Crippen molar-refractivity contribution in [3.05, 3.63) is 74.3 Å². The number of halogens is 2. The summed E-state index contributed by atoms with van der Waals surface area (Å²) in [5.41, 5.74) is 1.28. The molecule has 11 heteroatoms. The Labute approximate surface area is 182 Å². The van der Waals surface area contributed by atoms with E-state index in [4.69, 9.17) is 27.9 Å². The van der Waals surface area contributed by atoms with Crippen LogP contribution in [0.4, 0.5) is 0 Å². The number of aryl methyl sites for hydroxylation is 1. The molecule has 1 aromatic carbocycles. The highest BCUT2D eigenvalue weighted by atomic mass is 35.5. The summed E-state index contributed by atoms with van der Waals surface area (Å²) < 4.78 is 33.5. The molecule has 2 heterocycles. The van der Waals surface area contributed by atoms with E-state index in [-0.39, 0.29) is 40.1 Å². The monoisotopic (exact) mass is 469 g/mol. The van der Waals surface area contributed by atoms with Gasteiger partial charge in [0.2, 0.25) is 10.0 Å². The number of rotatable bonds is 7. The van der Waals surface area contributed by atoms with Crippen molar-refractivity contribution in [3.63, 3.8) is 0 Å². The summed E-state index contributed by atoms with van der Waals surface area (Å²) in [6.45, 7) is 1.40. The summed E-state index contributed by atoms with van der Waals surface area (Å²) >= 11 is 11.8. The molecule has 0 radical (unpaired) electrons. The summed E-state index contributed by atoms with van der Waals surface area (Å²) in [6.07, 6.45) is 1.37.